The van der Waals surface area contributed by atoms with Crippen LogP contribution in [0.25, 0.3) is 11.1 Å². The predicted molar refractivity (Wildman–Crippen MR) is 107 cm³/mol. The number of halogens is 3. The summed E-state index contributed by atoms with van der Waals surface area (Å²) >= 11 is 0. The summed E-state index contributed by atoms with van der Waals surface area (Å²) in [6.45, 7) is -0.179. The second kappa shape index (κ2) is 8.46. The molecule has 2 aromatic carbocycles. The Morgan fingerprint density at radius 3 is 2.19 bits per heavy atom. The van der Waals surface area contributed by atoms with E-state index >= 15 is 0 Å². The predicted octanol–water partition coefficient (Wildman–Crippen LogP) is 3.62. The van der Waals surface area contributed by atoms with Gasteiger partial charge in [-0.15, -0.1) is 0 Å². The van der Waals surface area contributed by atoms with Gasteiger partial charge >= 0.3 is 18.1 Å². The SMILES string of the molecule is Nc1[nH]c(=O)c(C(=O)O)c(-c2ccc(OCc3cccc(C(F)(F)F)c3)cc2)c1C(=O)O. The number of nitrogens with two attached hydrogens (primary N) is 1. The lowest BCUT2D eigenvalue weighted by Crippen LogP contribution is -2.24. The van der Waals surface area contributed by atoms with Gasteiger partial charge in [0.05, 0.1) is 5.56 Å². The summed E-state index contributed by atoms with van der Waals surface area (Å²) in [5, 5.41) is 18.8. The van der Waals surface area contributed by atoms with Crippen LogP contribution >= 0.6 is 0 Å². The number of pyridine rings is 1. The van der Waals surface area contributed by atoms with E-state index in [4.69, 9.17) is 10.5 Å². The first-order valence-corrected chi connectivity index (χ1v) is 8.90. The van der Waals surface area contributed by atoms with Crippen molar-refractivity contribution in [3.63, 3.8) is 0 Å². The fourth-order valence-electron chi connectivity index (χ4n) is 3.06. The minimum Gasteiger partial charge on any atom is -0.489 e. The molecular formula is C21H15F3N2O6. The summed E-state index contributed by atoms with van der Waals surface area (Å²) in [5.41, 5.74) is 2.28. The molecule has 3 aromatic rings. The number of hydrogen-bond donors (Lipinski definition) is 4. The maximum Gasteiger partial charge on any atom is 0.416 e. The average molecular weight is 448 g/mol. The number of nitrogen functional groups attached to an aromatic ring is 1. The number of alkyl halides is 3. The Morgan fingerprint density at radius 1 is 1.00 bits per heavy atom. The van der Waals surface area contributed by atoms with Crippen LogP contribution in [0.15, 0.2) is 53.3 Å². The number of carboxylic acids is 2. The molecule has 0 saturated carbocycles. The molecule has 0 radical (unpaired) electrons. The van der Waals surface area contributed by atoms with E-state index in [0.29, 0.717) is 0 Å². The van der Waals surface area contributed by atoms with Crippen molar-refractivity contribution < 1.29 is 37.7 Å². The summed E-state index contributed by atoms with van der Waals surface area (Å²) < 4.78 is 43.9. The number of aromatic carboxylic acids is 2. The molecule has 0 aliphatic heterocycles. The van der Waals surface area contributed by atoms with E-state index in [1.165, 1.54) is 36.4 Å². The summed E-state index contributed by atoms with van der Waals surface area (Å²) in [7, 11) is 0. The highest BCUT2D eigenvalue weighted by molar-refractivity contribution is 6.07. The molecule has 11 heteroatoms. The van der Waals surface area contributed by atoms with Crippen LogP contribution in [0.3, 0.4) is 0 Å². The quantitative estimate of drug-likeness (QED) is 0.451. The molecule has 0 aliphatic rings. The Labute approximate surface area is 177 Å². The van der Waals surface area contributed by atoms with E-state index in [1.54, 1.807) is 0 Å². The van der Waals surface area contributed by atoms with E-state index in [2.05, 4.69) is 0 Å². The van der Waals surface area contributed by atoms with Crippen LogP contribution < -0.4 is 16.0 Å². The van der Waals surface area contributed by atoms with Crippen LogP contribution in [-0.4, -0.2) is 27.1 Å². The number of carbonyl (C=O) groups is 2. The second-order valence-corrected chi connectivity index (χ2v) is 6.61. The van der Waals surface area contributed by atoms with Crippen LogP contribution in [0.4, 0.5) is 19.0 Å². The van der Waals surface area contributed by atoms with Crippen molar-refractivity contribution in [2.75, 3.05) is 5.73 Å². The van der Waals surface area contributed by atoms with Gasteiger partial charge in [0.1, 0.15) is 29.3 Å². The number of rotatable bonds is 6. The van der Waals surface area contributed by atoms with Crippen molar-refractivity contribution in [2.45, 2.75) is 12.8 Å². The third kappa shape index (κ3) is 4.56. The largest absolute Gasteiger partial charge is 0.489 e. The third-order valence-electron chi connectivity index (χ3n) is 4.48. The Bertz CT molecular complexity index is 1250. The normalized spacial score (nSPS) is 11.2. The zero-order chi connectivity index (χ0) is 23.6. The molecule has 0 aliphatic carbocycles. The third-order valence-corrected chi connectivity index (χ3v) is 4.48. The van der Waals surface area contributed by atoms with Gasteiger partial charge in [0, 0.05) is 5.56 Å². The average Bonchev–Trinajstić information content (AvgIpc) is 2.71. The number of carboxylic acid groups (broad SMARTS) is 2. The lowest BCUT2D eigenvalue weighted by molar-refractivity contribution is -0.137. The molecule has 0 spiro atoms. The number of anilines is 1. The van der Waals surface area contributed by atoms with Gasteiger partial charge in [-0.1, -0.05) is 24.3 Å². The highest BCUT2D eigenvalue weighted by atomic mass is 19.4. The first kappa shape index (κ1) is 22.4. The molecule has 5 N–H and O–H groups in total. The van der Waals surface area contributed by atoms with Crippen molar-refractivity contribution in [2.24, 2.45) is 0 Å². The maximum atomic E-state index is 12.8. The van der Waals surface area contributed by atoms with Gasteiger partial charge in [-0.3, -0.25) is 4.79 Å². The number of aromatic nitrogens is 1. The Balaban J connectivity index is 1.92. The van der Waals surface area contributed by atoms with Gasteiger partial charge in [-0.25, -0.2) is 9.59 Å². The molecule has 1 aromatic heterocycles. The number of benzene rings is 2. The molecule has 0 amide bonds. The van der Waals surface area contributed by atoms with Gasteiger partial charge in [0.2, 0.25) is 0 Å². The van der Waals surface area contributed by atoms with Crippen LogP contribution in [-0.2, 0) is 12.8 Å². The molecule has 0 fully saturated rings. The van der Waals surface area contributed by atoms with Crippen LogP contribution in [0.5, 0.6) is 5.75 Å². The zero-order valence-electron chi connectivity index (χ0n) is 16.1. The lowest BCUT2D eigenvalue weighted by Gasteiger charge is -2.13. The molecule has 0 saturated heterocycles. The molecule has 32 heavy (non-hydrogen) atoms. The second-order valence-electron chi connectivity index (χ2n) is 6.61. The topological polar surface area (TPSA) is 143 Å². The van der Waals surface area contributed by atoms with Gasteiger partial charge in [0.15, 0.2) is 0 Å². The Kier molecular flexibility index (Phi) is 5.92. The molecule has 0 unspecified atom stereocenters. The summed E-state index contributed by atoms with van der Waals surface area (Å²) in [5.74, 6) is -3.47. The van der Waals surface area contributed by atoms with Crippen molar-refractivity contribution >= 4 is 17.8 Å². The number of H-pyrrole nitrogens is 1. The van der Waals surface area contributed by atoms with Gasteiger partial charge in [-0.2, -0.15) is 13.2 Å². The highest BCUT2D eigenvalue weighted by Gasteiger charge is 2.30. The van der Waals surface area contributed by atoms with E-state index in [1.807, 2.05) is 4.98 Å². The summed E-state index contributed by atoms with van der Waals surface area (Å²) in [4.78, 5) is 37.3. The lowest BCUT2D eigenvalue weighted by atomic mass is 9.95. The van der Waals surface area contributed by atoms with E-state index in [-0.39, 0.29) is 29.0 Å². The minimum absolute atomic E-state index is 0.0732. The van der Waals surface area contributed by atoms with E-state index in [0.717, 1.165) is 12.1 Å². The van der Waals surface area contributed by atoms with Crippen LogP contribution in [0, 0.1) is 0 Å². The van der Waals surface area contributed by atoms with Crippen molar-refractivity contribution in [1.82, 2.24) is 4.98 Å². The first-order valence-electron chi connectivity index (χ1n) is 8.90. The first-order chi connectivity index (χ1) is 15.0. The van der Waals surface area contributed by atoms with Crippen molar-refractivity contribution in [1.29, 1.82) is 0 Å². The van der Waals surface area contributed by atoms with Gasteiger partial charge in [0.25, 0.3) is 5.56 Å². The molecule has 0 atom stereocenters. The number of nitrogens with one attached hydrogen (secondary N) is 1. The van der Waals surface area contributed by atoms with Crippen molar-refractivity contribution in [3.05, 3.63) is 81.1 Å². The minimum atomic E-state index is -4.49. The fraction of sp³-hybridized carbons (Fsp3) is 0.0952. The molecule has 3 rings (SSSR count). The molecule has 1 heterocycles. The van der Waals surface area contributed by atoms with Gasteiger partial charge < -0.3 is 25.7 Å². The molecule has 8 nitrogen and oxygen atoms in total. The smallest absolute Gasteiger partial charge is 0.416 e. The Morgan fingerprint density at radius 2 is 1.62 bits per heavy atom. The highest BCUT2D eigenvalue weighted by Crippen LogP contribution is 2.31. The van der Waals surface area contributed by atoms with Gasteiger partial charge in [-0.05, 0) is 35.4 Å². The summed E-state index contributed by atoms with van der Waals surface area (Å²) in [6, 6.07) is 9.94. The van der Waals surface area contributed by atoms with Crippen LogP contribution in [0.2, 0.25) is 0 Å². The molecule has 0 bridgehead atoms. The van der Waals surface area contributed by atoms with E-state index < -0.39 is 46.2 Å². The number of ether oxygens (including phenoxy) is 1. The zero-order valence-corrected chi connectivity index (χ0v) is 16.1. The molecule has 166 valence electrons. The Hall–Kier alpha value is -4.28. The standard InChI is InChI=1S/C21H15F3N2O6/c22-21(23,24)12-3-1-2-10(8-12)9-32-13-6-4-11(5-7-13)14-15(19(28)29)17(25)26-18(27)16(14)20(30)31/h1-8H,9H2,(H,28,29)(H,30,31)(H3,25,26,27). The maximum absolute atomic E-state index is 12.8. The fourth-order valence-corrected chi connectivity index (χ4v) is 3.06. The van der Waals surface area contributed by atoms with Crippen LogP contribution in [0.1, 0.15) is 31.8 Å². The number of aromatic amines is 1. The summed E-state index contributed by atoms with van der Waals surface area (Å²) in [6.07, 6.45) is -4.49. The monoisotopic (exact) mass is 448 g/mol. The number of hydrogen-bond acceptors (Lipinski definition) is 5. The molecular weight excluding hydrogens is 433 g/mol. The van der Waals surface area contributed by atoms with E-state index in [9.17, 15) is 37.8 Å². The van der Waals surface area contributed by atoms with Crippen molar-refractivity contribution in [3.8, 4) is 16.9 Å².